The highest BCUT2D eigenvalue weighted by Crippen LogP contribution is 2.21. The Labute approximate surface area is 105 Å². The number of halogens is 1. The average molecular weight is 310 g/mol. The number of rotatable bonds is 1. The van der Waals surface area contributed by atoms with Gasteiger partial charge in [0.2, 0.25) is 5.84 Å². The van der Waals surface area contributed by atoms with Crippen LogP contribution in [0.15, 0.2) is 0 Å². The molecule has 84 valence electrons. The van der Waals surface area contributed by atoms with Crippen LogP contribution in [0.2, 0.25) is 0 Å². The van der Waals surface area contributed by atoms with Crippen LogP contribution in [0.3, 0.4) is 0 Å². The van der Waals surface area contributed by atoms with E-state index in [0.29, 0.717) is 5.41 Å². The van der Waals surface area contributed by atoms with Crippen LogP contribution in [0.25, 0.3) is 0 Å². The summed E-state index contributed by atoms with van der Waals surface area (Å²) in [6.07, 6.45) is 2.47. The van der Waals surface area contributed by atoms with Crippen molar-refractivity contribution in [1.29, 1.82) is 0 Å². The second-order valence-corrected chi connectivity index (χ2v) is 5.35. The van der Waals surface area contributed by atoms with Crippen molar-refractivity contribution in [2.45, 2.75) is 33.6 Å². The third-order valence-corrected chi connectivity index (χ3v) is 2.56. The Kier molecular flexibility index (Phi) is 5.41. The third kappa shape index (κ3) is 4.15. The summed E-state index contributed by atoms with van der Waals surface area (Å²) in [5, 5.41) is 0. The molecule has 0 spiro atoms. The third-order valence-electron chi connectivity index (χ3n) is 2.56. The second-order valence-electron chi connectivity index (χ2n) is 5.35. The Hall–Kier alpha value is 0.200. The molecule has 0 saturated carbocycles. The lowest BCUT2D eigenvalue weighted by atomic mass is 9.91. The van der Waals surface area contributed by atoms with Crippen molar-refractivity contribution in [2.24, 2.45) is 5.41 Å². The highest BCUT2D eigenvalue weighted by atomic mass is 127. The molecule has 14 heavy (non-hydrogen) atoms. The van der Waals surface area contributed by atoms with Gasteiger partial charge in [0.25, 0.3) is 0 Å². The largest absolute Gasteiger partial charge is 1.00 e. The molecule has 3 heteroatoms. The van der Waals surface area contributed by atoms with Gasteiger partial charge in [-0.15, -0.1) is 0 Å². The Morgan fingerprint density at radius 3 is 2.36 bits per heavy atom. The molecule has 0 amide bonds. The molecule has 0 aromatic heterocycles. The molecule has 0 saturated heterocycles. The van der Waals surface area contributed by atoms with Gasteiger partial charge in [-0.1, -0.05) is 20.8 Å². The SMILES string of the molecule is CN1CCC[N+](C)=C1CC(C)(C)C.[I-]. The maximum atomic E-state index is 2.40. The predicted octanol–water partition coefficient (Wildman–Crippen LogP) is -1.20. The van der Waals surface area contributed by atoms with E-state index < -0.39 is 0 Å². The van der Waals surface area contributed by atoms with Gasteiger partial charge in [-0.05, 0) is 5.41 Å². The molecule has 1 rings (SSSR count). The molecule has 0 aromatic carbocycles. The predicted molar refractivity (Wildman–Crippen MR) is 57.4 cm³/mol. The minimum absolute atomic E-state index is 0. The van der Waals surface area contributed by atoms with Gasteiger partial charge in [-0.3, -0.25) is 9.48 Å². The van der Waals surface area contributed by atoms with Gasteiger partial charge in [0, 0.05) is 6.42 Å². The van der Waals surface area contributed by atoms with E-state index in [9.17, 15) is 0 Å². The minimum atomic E-state index is 0. The first-order valence-electron chi connectivity index (χ1n) is 5.18. The van der Waals surface area contributed by atoms with Crippen molar-refractivity contribution in [3.05, 3.63) is 0 Å². The summed E-state index contributed by atoms with van der Waals surface area (Å²) >= 11 is 0. The van der Waals surface area contributed by atoms with Gasteiger partial charge in [0.05, 0.1) is 33.6 Å². The van der Waals surface area contributed by atoms with E-state index in [4.69, 9.17) is 0 Å². The summed E-state index contributed by atoms with van der Waals surface area (Å²) in [5.41, 5.74) is 0.398. The number of amidine groups is 1. The lowest BCUT2D eigenvalue weighted by molar-refractivity contribution is -0.510. The number of nitrogens with zero attached hydrogens (tertiary/aromatic N) is 2. The summed E-state index contributed by atoms with van der Waals surface area (Å²) in [6, 6.07) is 0. The summed E-state index contributed by atoms with van der Waals surface area (Å²) in [4.78, 5) is 2.40. The van der Waals surface area contributed by atoms with Crippen LogP contribution in [0.1, 0.15) is 33.6 Å². The van der Waals surface area contributed by atoms with Crippen LogP contribution in [-0.4, -0.2) is 42.5 Å². The molecule has 0 aromatic rings. The van der Waals surface area contributed by atoms with Crippen LogP contribution in [0, 0.1) is 5.41 Å². The van der Waals surface area contributed by atoms with Crippen molar-refractivity contribution in [1.82, 2.24) is 4.90 Å². The smallest absolute Gasteiger partial charge is 0.246 e. The molecule has 1 heterocycles. The van der Waals surface area contributed by atoms with E-state index in [0.717, 1.165) is 0 Å². The molecule has 0 atom stereocenters. The van der Waals surface area contributed by atoms with Crippen LogP contribution in [0.4, 0.5) is 0 Å². The molecule has 1 aliphatic heterocycles. The maximum Gasteiger partial charge on any atom is 0.246 e. The lowest BCUT2D eigenvalue weighted by Crippen LogP contribution is -3.00. The first-order chi connectivity index (χ1) is 5.90. The lowest BCUT2D eigenvalue weighted by Gasteiger charge is -2.26. The normalized spacial score (nSPS) is 18.2. The number of hydrogen-bond acceptors (Lipinski definition) is 1. The van der Waals surface area contributed by atoms with Crippen molar-refractivity contribution in [2.75, 3.05) is 27.2 Å². The fourth-order valence-corrected chi connectivity index (χ4v) is 1.84. The first-order valence-corrected chi connectivity index (χ1v) is 5.18. The topological polar surface area (TPSA) is 6.25 Å². The van der Waals surface area contributed by atoms with E-state index in [2.05, 4.69) is 44.3 Å². The molecule has 1 aliphatic rings. The molecule has 0 bridgehead atoms. The summed E-state index contributed by atoms with van der Waals surface area (Å²) in [5.74, 6) is 1.50. The fraction of sp³-hybridized carbons (Fsp3) is 0.909. The average Bonchev–Trinajstić information content (AvgIpc) is 1.95. The summed E-state index contributed by atoms with van der Waals surface area (Å²) < 4.78 is 2.40. The first kappa shape index (κ1) is 14.2. The van der Waals surface area contributed by atoms with Crippen molar-refractivity contribution < 1.29 is 28.6 Å². The molecule has 0 aliphatic carbocycles. The van der Waals surface area contributed by atoms with Crippen LogP contribution < -0.4 is 24.0 Å². The molecule has 0 unspecified atom stereocenters. The van der Waals surface area contributed by atoms with Crippen molar-refractivity contribution in [3.8, 4) is 0 Å². The number of hydrogen-bond donors (Lipinski definition) is 0. The Morgan fingerprint density at radius 1 is 1.36 bits per heavy atom. The van der Waals surface area contributed by atoms with E-state index in [1.807, 2.05) is 0 Å². The molecule has 0 N–H and O–H groups in total. The minimum Gasteiger partial charge on any atom is -1.00 e. The maximum absolute atomic E-state index is 2.40. The van der Waals surface area contributed by atoms with Gasteiger partial charge >= 0.3 is 0 Å². The Morgan fingerprint density at radius 2 is 1.93 bits per heavy atom. The molecular formula is C11H23IN2. The van der Waals surface area contributed by atoms with Gasteiger partial charge in [0.1, 0.15) is 0 Å². The Balaban J connectivity index is 0.00000169. The van der Waals surface area contributed by atoms with Gasteiger partial charge in [-0.2, -0.15) is 0 Å². The van der Waals surface area contributed by atoms with Gasteiger partial charge < -0.3 is 24.0 Å². The van der Waals surface area contributed by atoms with E-state index in [-0.39, 0.29) is 24.0 Å². The zero-order chi connectivity index (χ0) is 10.1. The molecule has 0 fully saturated rings. The van der Waals surface area contributed by atoms with Gasteiger partial charge in [-0.25, -0.2) is 0 Å². The highest BCUT2D eigenvalue weighted by Gasteiger charge is 2.26. The monoisotopic (exact) mass is 310 g/mol. The van der Waals surface area contributed by atoms with Crippen molar-refractivity contribution in [3.63, 3.8) is 0 Å². The van der Waals surface area contributed by atoms with Crippen LogP contribution in [0.5, 0.6) is 0 Å². The quantitative estimate of drug-likeness (QED) is 0.436. The zero-order valence-electron chi connectivity index (χ0n) is 10.1. The zero-order valence-corrected chi connectivity index (χ0v) is 12.3. The fourth-order valence-electron chi connectivity index (χ4n) is 1.84. The van der Waals surface area contributed by atoms with E-state index >= 15 is 0 Å². The molecule has 2 nitrogen and oxygen atoms in total. The van der Waals surface area contributed by atoms with E-state index in [1.54, 1.807) is 0 Å². The summed E-state index contributed by atoms with van der Waals surface area (Å²) in [6.45, 7) is 9.34. The second kappa shape index (κ2) is 5.33. The van der Waals surface area contributed by atoms with Crippen LogP contribution in [-0.2, 0) is 0 Å². The highest BCUT2D eigenvalue weighted by molar-refractivity contribution is 5.78. The molecule has 0 radical (unpaired) electrons. The van der Waals surface area contributed by atoms with Crippen LogP contribution >= 0.6 is 0 Å². The summed E-state index contributed by atoms with van der Waals surface area (Å²) in [7, 11) is 4.41. The standard InChI is InChI=1S/C11H23N2.HI/c1-11(2,3)9-10-12(4)7-6-8-13(10)5;/h6-9H2,1-5H3;1H/q+1;/p-1. The Bertz CT molecular complexity index is 216. The van der Waals surface area contributed by atoms with E-state index in [1.165, 1.54) is 31.8 Å². The van der Waals surface area contributed by atoms with Gasteiger partial charge in [0.15, 0.2) is 0 Å². The van der Waals surface area contributed by atoms with Crippen molar-refractivity contribution >= 4 is 5.84 Å². The molecular weight excluding hydrogens is 287 g/mol.